The van der Waals surface area contributed by atoms with E-state index in [9.17, 15) is 4.79 Å². The summed E-state index contributed by atoms with van der Waals surface area (Å²) < 4.78 is 7.34. The Kier molecular flexibility index (Phi) is 5.88. The highest BCUT2D eigenvalue weighted by Crippen LogP contribution is 2.35. The molecule has 3 aromatic carbocycles. The highest BCUT2D eigenvalue weighted by Gasteiger charge is 2.37. The summed E-state index contributed by atoms with van der Waals surface area (Å²) in [4.78, 5) is 25.2. The molecule has 0 unspecified atom stereocenters. The van der Waals surface area contributed by atoms with Crippen molar-refractivity contribution in [1.29, 1.82) is 0 Å². The Morgan fingerprint density at radius 3 is 2.39 bits per heavy atom. The first-order valence-corrected chi connectivity index (χ1v) is 13.0. The van der Waals surface area contributed by atoms with Gasteiger partial charge in [0.2, 0.25) is 0 Å². The number of fused-ring (bicyclic) bond motifs is 1. The molecule has 36 heavy (non-hydrogen) atoms. The number of rotatable bonds is 5. The number of methoxy groups -OCH3 is 1. The molecule has 1 aromatic heterocycles. The molecular weight excluding hydrogens is 488 g/mol. The van der Waals surface area contributed by atoms with E-state index in [4.69, 9.17) is 9.73 Å². The van der Waals surface area contributed by atoms with Gasteiger partial charge in [0.15, 0.2) is 15.8 Å². The average molecular weight is 509 g/mol. The van der Waals surface area contributed by atoms with Crippen molar-refractivity contribution in [2.75, 3.05) is 7.11 Å². The minimum Gasteiger partial charge on any atom is -0.497 e. The molecule has 0 radical (unpaired) electrons. The molecule has 0 N–H and O–H groups in total. The molecule has 1 amide bonds. The summed E-state index contributed by atoms with van der Waals surface area (Å²) in [6, 6.07) is 27.9. The highest BCUT2D eigenvalue weighted by atomic mass is 32.2. The summed E-state index contributed by atoms with van der Waals surface area (Å²) in [6.07, 6.45) is 1.79. The SMILES string of the molecule is COc1ccc(/C=C2\N=C3SC=C(/N=c4\scc(-c5ccccc5)n4-c4ccccc4)N3C2=O)cc1. The molecule has 8 heteroatoms. The van der Waals surface area contributed by atoms with Crippen molar-refractivity contribution >= 4 is 40.2 Å². The monoisotopic (exact) mass is 508 g/mol. The quantitative estimate of drug-likeness (QED) is 0.316. The van der Waals surface area contributed by atoms with Gasteiger partial charge in [0.05, 0.1) is 12.8 Å². The van der Waals surface area contributed by atoms with Gasteiger partial charge in [-0.15, -0.1) is 11.3 Å². The van der Waals surface area contributed by atoms with Crippen LogP contribution >= 0.6 is 23.1 Å². The van der Waals surface area contributed by atoms with E-state index in [1.54, 1.807) is 18.1 Å². The number of aliphatic imine (C=N–C) groups is 1. The first-order chi connectivity index (χ1) is 17.7. The number of amides is 1. The second-order valence-electron chi connectivity index (χ2n) is 7.98. The average Bonchev–Trinajstić information content (AvgIpc) is 3.61. The molecular formula is C28H20N4O2S2. The Bertz CT molecular complexity index is 1600. The predicted molar refractivity (Wildman–Crippen MR) is 146 cm³/mol. The van der Waals surface area contributed by atoms with Crippen LogP contribution in [0.15, 0.2) is 117 Å². The zero-order chi connectivity index (χ0) is 24.5. The smallest absolute Gasteiger partial charge is 0.284 e. The molecule has 176 valence electrons. The van der Waals surface area contributed by atoms with E-state index >= 15 is 0 Å². The molecule has 0 fully saturated rings. The Hall–Kier alpha value is -4.14. The molecule has 0 saturated carbocycles. The number of benzene rings is 3. The number of thiazole rings is 1. The van der Waals surface area contributed by atoms with Gasteiger partial charge in [-0.05, 0) is 41.5 Å². The first kappa shape index (κ1) is 22.3. The number of carbonyl (C=O) groups excluding carboxylic acids is 1. The number of ether oxygens (including phenoxy) is 1. The second kappa shape index (κ2) is 9.49. The molecule has 6 rings (SSSR count). The topological polar surface area (TPSA) is 59.2 Å². The van der Waals surface area contributed by atoms with E-state index in [2.05, 4.69) is 39.2 Å². The summed E-state index contributed by atoms with van der Waals surface area (Å²) in [5.41, 5.74) is 4.40. The largest absolute Gasteiger partial charge is 0.497 e. The second-order valence-corrected chi connectivity index (χ2v) is 9.66. The summed E-state index contributed by atoms with van der Waals surface area (Å²) in [5, 5.41) is 4.59. The third-order valence-electron chi connectivity index (χ3n) is 5.75. The Balaban J connectivity index is 1.38. The predicted octanol–water partition coefficient (Wildman–Crippen LogP) is 5.90. The maximum Gasteiger partial charge on any atom is 0.284 e. The van der Waals surface area contributed by atoms with Gasteiger partial charge in [0.1, 0.15) is 11.4 Å². The zero-order valence-corrected chi connectivity index (χ0v) is 20.9. The minimum atomic E-state index is -0.188. The molecule has 0 bridgehead atoms. The van der Waals surface area contributed by atoms with Crippen LogP contribution in [0.2, 0.25) is 0 Å². The fraction of sp³-hybridized carbons (Fsp3) is 0.0357. The van der Waals surface area contributed by atoms with Crippen molar-refractivity contribution < 1.29 is 9.53 Å². The Morgan fingerprint density at radius 2 is 1.67 bits per heavy atom. The van der Waals surface area contributed by atoms with Gasteiger partial charge >= 0.3 is 0 Å². The lowest BCUT2D eigenvalue weighted by molar-refractivity contribution is -0.121. The van der Waals surface area contributed by atoms with E-state index in [0.717, 1.165) is 33.1 Å². The van der Waals surface area contributed by atoms with Crippen LogP contribution in [0.1, 0.15) is 5.56 Å². The summed E-state index contributed by atoms with van der Waals surface area (Å²) in [7, 11) is 1.63. The lowest BCUT2D eigenvalue weighted by Gasteiger charge is -2.12. The molecule has 4 aromatic rings. The minimum absolute atomic E-state index is 0.188. The fourth-order valence-corrected chi connectivity index (χ4v) is 5.71. The number of thioether (sulfide) groups is 1. The van der Waals surface area contributed by atoms with Crippen molar-refractivity contribution in [2.24, 2.45) is 9.98 Å². The van der Waals surface area contributed by atoms with Crippen molar-refractivity contribution in [2.45, 2.75) is 0 Å². The Morgan fingerprint density at radius 1 is 0.944 bits per heavy atom. The number of hydrogen-bond donors (Lipinski definition) is 0. The maximum absolute atomic E-state index is 13.3. The summed E-state index contributed by atoms with van der Waals surface area (Å²) in [6.45, 7) is 0. The van der Waals surface area contributed by atoms with E-state index in [1.165, 1.54) is 23.1 Å². The van der Waals surface area contributed by atoms with Crippen LogP contribution in [0.5, 0.6) is 5.75 Å². The van der Waals surface area contributed by atoms with Gasteiger partial charge in [0.25, 0.3) is 5.91 Å². The standard InChI is InChI=1S/C28H20N4O2S2/c1-34-22-14-12-19(13-15-22)16-23-26(33)32-25(18-36-27(32)29-23)30-28-31(21-10-6-3-7-11-21)24(17-35-28)20-8-4-2-5-9-20/h2-18H,1H3/b23-16-,30-28-. The van der Waals surface area contributed by atoms with Crippen LogP contribution in [0.25, 0.3) is 23.0 Å². The molecule has 0 saturated heterocycles. The van der Waals surface area contributed by atoms with E-state index in [1.807, 2.05) is 66.1 Å². The lowest BCUT2D eigenvalue weighted by atomic mass is 10.1. The number of para-hydroxylation sites is 1. The van der Waals surface area contributed by atoms with Crippen LogP contribution in [0, 0.1) is 0 Å². The van der Waals surface area contributed by atoms with Crippen LogP contribution < -0.4 is 9.54 Å². The van der Waals surface area contributed by atoms with Crippen molar-refractivity contribution in [3.63, 3.8) is 0 Å². The van der Waals surface area contributed by atoms with Crippen LogP contribution in [0.4, 0.5) is 0 Å². The first-order valence-electron chi connectivity index (χ1n) is 11.2. The fourth-order valence-electron chi connectivity index (χ4n) is 3.99. The third kappa shape index (κ3) is 4.10. The number of aromatic nitrogens is 1. The van der Waals surface area contributed by atoms with Gasteiger partial charge < -0.3 is 4.74 Å². The van der Waals surface area contributed by atoms with Gasteiger partial charge in [-0.2, -0.15) is 0 Å². The molecule has 6 nitrogen and oxygen atoms in total. The molecule has 0 spiro atoms. The molecule has 3 heterocycles. The number of amidine groups is 1. The van der Waals surface area contributed by atoms with Gasteiger partial charge in [-0.25, -0.2) is 14.9 Å². The van der Waals surface area contributed by atoms with Crippen molar-refractivity contribution in [3.8, 4) is 22.7 Å². The van der Waals surface area contributed by atoms with Crippen LogP contribution in [-0.4, -0.2) is 27.7 Å². The van der Waals surface area contributed by atoms with E-state index in [0.29, 0.717) is 16.7 Å². The number of carbonyl (C=O) groups is 1. The Labute approximate surface area is 216 Å². The summed E-state index contributed by atoms with van der Waals surface area (Å²) >= 11 is 2.94. The highest BCUT2D eigenvalue weighted by molar-refractivity contribution is 8.16. The van der Waals surface area contributed by atoms with Crippen LogP contribution in [0.3, 0.4) is 0 Å². The van der Waals surface area contributed by atoms with Crippen LogP contribution in [-0.2, 0) is 4.79 Å². The van der Waals surface area contributed by atoms with Gasteiger partial charge in [-0.3, -0.25) is 9.36 Å². The molecule has 2 aliphatic rings. The number of hydrogen-bond acceptors (Lipinski definition) is 6. The maximum atomic E-state index is 13.3. The van der Waals surface area contributed by atoms with Crippen molar-refractivity contribution in [1.82, 2.24) is 9.47 Å². The lowest BCUT2D eigenvalue weighted by Crippen LogP contribution is -2.27. The molecule has 0 aliphatic carbocycles. The molecule has 2 aliphatic heterocycles. The zero-order valence-electron chi connectivity index (χ0n) is 19.2. The van der Waals surface area contributed by atoms with Gasteiger partial charge in [-0.1, -0.05) is 72.4 Å². The molecule has 0 atom stereocenters. The van der Waals surface area contributed by atoms with E-state index in [-0.39, 0.29) is 5.91 Å². The number of nitrogens with zero attached hydrogens (tertiary/aromatic N) is 4. The third-order valence-corrected chi connectivity index (χ3v) is 7.39. The summed E-state index contributed by atoms with van der Waals surface area (Å²) in [5.74, 6) is 1.14. The normalized spacial score (nSPS) is 16.4. The van der Waals surface area contributed by atoms with Gasteiger partial charge in [0, 0.05) is 16.5 Å². The van der Waals surface area contributed by atoms with E-state index < -0.39 is 0 Å². The van der Waals surface area contributed by atoms with Crippen molar-refractivity contribution in [3.05, 3.63) is 118 Å².